The molecule has 1 unspecified atom stereocenters. The SMILES string of the molecule is O=C(Cc1cccc(Cl)c1Cl)C1COc2ccccc21. The van der Waals surface area contributed by atoms with Gasteiger partial charge in [-0.05, 0) is 17.7 Å². The van der Waals surface area contributed by atoms with Crippen LogP contribution in [0.25, 0.3) is 0 Å². The van der Waals surface area contributed by atoms with E-state index >= 15 is 0 Å². The van der Waals surface area contributed by atoms with Gasteiger partial charge in [-0.15, -0.1) is 0 Å². The van der Waals surface area contributed by atoms with Gasteiger partial charge in [0.25, 0.3) is 0 Å². The molecule has 0 saturated heterocycles. The van der Waals surface area contributed by atoms with Crippen molar-refractivity contribution >= 4 is 29.0 Å². The minimum Gasteiger partial charge on any atom is -0.492 e. The zero-order valence-electron chi connectivity index (χ0n) is 10.6. The van der Waals surface area contributed by atoms with Gasteiger partial charge in [-0.1, -0.05) is 53.5 Å². The van der Waals surface area contributed by atoms with Gasteiger partial charge in [0.05, 0.1) is 16.0 Å². The molecule has 1 aliphatic heterocycles. The van der Waals surface area contributed by atoms with E-state index in [1.807, 2.05) is 30.3 Å². The summed E-state index contributed by atoms with van der Waals surface area (Å²) in [7, 11) is 0. The minimum atomic E-state index is -0.221. The molecule has 0 saturated carbocycles. The number of carbonyl (C=O) groups excluding carboxylic acids is 1. The zero-order valence-corrected chi connectivity index (χ0v) is 12.1. The Labute approximate surface area is 127 Å². The van der Waals surface area contributed by atoms with Crippen molar-refractivity contribution in [3.63, 3.8) is 0 Å². The number of rotatable bonds is 3. The Morgan fingerprint density at radius 2 is 1.95 bits per heavy atom. The molecule has 102 valence electrons. The van der Waals surface area contributed by atoms with E-state index < -0.39 is 0 Å². The molecule has 0 bridgehead atoms. The molecule has 3 rings (SSSR count). The topological polar surface area (TPSA) is 26.3 Å². The molecule has 2 nitrogen and oxygen atoms in total. The van der Waals surface area contributed by atoms with Crippen molar-refractivity contribution in [3.8, 4) is 5.75 Å². The van der Waals surface area contributed by atoms with E-state index in [1.165, 1.54) is 0 Å². The van der Waals surface area contributed by atoms with E-state index in [2.05, 4.69) is 0 Å². The third kappa shape index (κ3) is 2.41. The summed E-state index contributed by atoms with van der Waals surface area (Å²) in [5.74, 6) is 0.670. The summed E-state index contributed by atoms with van der Waals surface area (Å²) in [4.78, 5) is 12.5. The van der Waals surface area contributed by atoms with Crippen LogP contribution in [-0.4, -0.2) is 12.4 Å². The normalized spacial score (nSPS) is 16.6. The highest BCUT2D eigenvalue weighted by molar-refractivity contribution is 6.42. The van der Waals surface area contributed by atoms with Crippen LogP contribution < -0.4 is 4.74 Å². The maximum atomic E-state index is 12.5. The summed E-state index contributed by atoms with van der Waals surface area (Å²) in [6.45, 7) is 0.399. The largest absolute Gasteiger partial charge is 0.492 e. The average Bonchev–Trinajstić information content (AvgIpc) is 2.88. The summed E-state index contributed by atoms with van der Waals surface area (Å²) < 4.78 is 5.54. The van der Waals surface area contributed by atoms with E-state index in [9.17, 15) is 4.79 Å². The van der Waals surface area contributed by atoms with Gasteiger partial charge in [0.15, 0.2) is 0 Å². The van der Waals surface area contributed by atoms with Crippen LogP contribution in [0.15, 0.2) is 42.5 Å². The Morgan fingerprint density at radius 3 is 2.80 bits per heavy atom. The molecule has 1 heterocycles. The molecule has 20 heavy (non-hydrogen) atoms. The fourth-order valence-electron chi connectivity index (χ4n) is 2.43. The number of para-hydroxylation sites is 1. The fourth-order valence-corrected chi connectivity index (χ4v) is 2.81. The maximum Gasteiger partial charge on any atom is 0.148 e. The highest BCUT2D eigenvalue weighted by Crippen LogP contribution is 2.35. The monoisotopic (exact) mass is 306 g/mol. The molecule has 2 aromatic rings. The van der Waals surface area contributed by atoms with Crippen LogP contribution in [0.3, 0.4) is 0 Å². The maximum absolute atomic E-state index is 12.5. The number of carbonyl (C=O) groups is 1. The molecular formula is C16H12Cl2O2. The summed E-state index contributed by atoms with van der Waals surface area (Å²) >= 11 is 12.1. The van der Waals surface area contributed by atoms with Crippen LogP contribution in [0.5, 0.6) is 5.75 Å². The highest BCUT2D eigenvalue weighted by atomic mass is 35.5. The summed E-state index contributed by atoms with van der Waals surface area (Å²) in [6, 6.07) is 13.0. The van der Waals surface area contributed by atoms with Gasteiger partial charge in [-0.25, -0.2) is 0 Å². The Morgan fingerprint density at radius 1 is 1.15 bits per heavy atom. The van der Waals surface area contributed by atoms with Gasteiger partial charge in [0, 0.05) is 12.0 Å². The predicted molar refractivity (Wildman–Crippen MR) is 79.9 cm³/mol. The molecular weight excluding hydrogens is 295 g/mol. The lowest BCUT2D eigenvalue weighted by Crippen LogP contribution is -2.16. The highest BCUT2D eigenvalue weighted by Gasteiger charge is 2.30. The Hall–Kier alpha value is -1.51. The van der Waals surface area contributed by atoms with Crippen molar-refractivity contribution in [2.75, 3.05) is 6.61 Å². The summed E-state index contributed by atoms with van der Waals surface area (Å²) in [5.41, 5.74) is 1.71. The molecule has 0 aromatic heterocycles. The van der Waals surface area contributed by atoms with E-state index in [1.54, 1.807) is 12.1 Å². The molecule has 0 spiro atoms. The van der Waals surface area contributed by atoms with Crippen LogP contribution in [0, 0.1) is 0 Å². The molecule has 0 radical (unpaired) electrons. The van der Waals surface area contributed by atoms with Gasteiger partial charge in [0.2, 0.25) is 0 Å². The van der Waals surface area contributed by atoms with E-state index in [-0.39, 0.29) is 18.1 Å². The van der Waals surface area contributed by atoms with Gasteiger partial charge in [-0.3, -0.25) is 4.79 Å². The molecule has 0 N–H and O–H groups in total. The van der Waals surface area contributed by atoms with Crippen molar-refractivity contribution < 1.29 is 9.53 Å². The first-order valence-corrected chi connectivity index (χ1v) is 7.09. The standard InChI is InChI=1S/C16H12Cl2O2/c17-13-6-3-4-10(16(13)18)8-14(19)12-9-20-15-7-2-1-5-11(12)15/h1-7,12H,8-9H2. The first-order chi connectivity index (χ1) is 9.66. The van der Waals surface area contributed by atoms with Crippen LogP contribution in [-0.2, 0) is 11.2 Å². The Balaban J connectivity index is 1.83. The second kappa shape index (κ2) is 5.47. The number of hydrogen-bond acceptors (Lipinski definition) is 2. The third-order valence-corrected chi connectivity index (χ3v) is 4.34. The molecule has 0 fully saturated rings. The lowest BCUT2D eigenvalue weighted by Gasteiger charge is -2.09. The van der Waals surface area contributed by atoms with E-state index in [0.29, 0.717) is 16.7 Å². The summed E-state index contributed by atoms with van der Waals surface area (Å²) in [5, 5.41) is 0.926. The lowest BCUT2D eigenvalue weighted by atomic mass is 9.93. The smallest absolute Gasteiger partial charge is 0.148 e. The molecule has 0 amide bonds. The van der Waals surface area contributed by atoms with E-state index in [4.69, 9.17) is 27.9 Å². The Bertz CT molecular complexity index is 667. The number of Topliss-reactive ketones (excluding diaryl/α,β-unsaturated/α-hetero) is 1. The van der Waals surface area contributed by atoms with Gasteiger partial charge >= 0.3 is 0 Å². The minimum absolute atomic E-state index is 0.0964. The van der Waals surface area contributed by atoms with Crippen LogP contribution in [0.4, 0.5) is 0 Å². The van der Waals surface area contributed by atoms with Crippen molar-refractivity contribution in [2.45, 2.75) is 12.3 Å². The predicted octanol–water partition coefficient (Wildman–Crippen LogP) is 4.28. The van der Waals surface area contributed by atoms with Crippen molar-refractivity contribution in [1.29, 1.82) is 0 Å². The number of halogens is 2. The molecule has 0 aliphatic carbocycles. The second-order valence-electron chi connectivity index (χ2n) is 4.76. The van der Waals surface area contributed by atoms with Gasteiger partial charge < -0.3 is 4.74 Å². The molecule has 2 aromatic carbocycles. The zero-order chi connectivity index (χ0) is 14.1. The average molecular weight is 307 g/mol. The molecule has 1 aliphatic rings. The number of fused-ring (bicyclic) bond motifs is 1. The first-order valence-electron chi connectivity index (χ1n) is 6.34. The first kappa shape index (κ1) is 13.5. The number of hydrogen-bond donors (Lipinski definition) is 0. The van der Waals surface area contributed by atoms with Crippen molar-refractivity contribution in [2.24, 2.45) is 0 Å². The van der Waals surface area contributed by atoms with Crippen LogP contribution in [0.2, 0.25) is 10.0 Å². The fraction of sp³-hybridized carbons (Fsp3) is 0.188. The number of ether oxygens (including phenoxy) is 1. The van der Waals surface area contributed by atoms with Crippen LogP contribution in [0.1, 0.15) is 17.0 Å². The number of ketones is 1. The third-order valence-electron chi connectivity index (χ3n) is 3.48. The molecule has 4 heteroatoms. The lowest BCUT2D eigenvalue weighted by molar-refractivity contribution is -0.120. The van der Waals surface area contributed by atoms with Gasteiger partial charge in [0.1, 0.15) is 18.1 Å². The van der Waals surface area contributed by atoms with E-state index in [0.717, 1.165) is 16.9 Å². The second-order valence-corrected chi connectivity index (χ2v) is 5.54. The van der Waals surface area contributed by atoms with Gasteiger partial charge in [-0.2, -0.15) is 0 Å². The van der Waals surface area contributed by atoms with Crippen LogP contribution >= 0.6 is 23.2 Å². The number of benzene rings is 2. The quantitative estimate of drug-likeness (QED) is 0.846. The van der Waals surface area contributed by atoms with Crippen molar-refractivity contribution in [1.82, 2.24) is 0 Å². The Kier molecular flexibility index (Phi) is 3.68. The molecule has 1 atom stereocenters. The van der Waals surface area contributed by atoms with Crippen molar-refractivity contribution in [3.05, 3.63) is 63.6 Å². The summed E-state index contributed by atoms with van der Waals surface area (Å²) in [6.07, 6.45) is 0.266.